The monoisotopic (exact) mass is 240 g/mol. The van der Waals surface area contributed by atoms with Crippen molar-refractivity contribution >= 4 is 0 Å². The van der Waals surface area contributed by atoms with Crippen LogP contribution in [-0.4, -0.2) is 9.55 Å². The smallest absolute Gasteiger partial charge is 0.301 e. The van der Waals surface area contributed by atoms with Crippen LogP contribution in [0.1, 0.15) is 17.1 Å². The number of nitrogens with zero attached hydrogens (tertiary/aromatic N) is 2. The number of aromatic nitrogens is 2. The summed E-state index contributed by atoms with van der Waals surface area (Å²) < 4.78 is 39.0. The standard InChI is InChI=1S/C12H11F3N2/c1-8-7-16-9(2)17(8)11-5-3-10(4-6-11)12(13,14)15/h3-7H,1-2H3. The van der Waals surface area contributed by atoms with E-state index in [9.17, 15) is 13.2 Å². The van der Waals surface area contributed by atoms with Crippen molar-refractivity contribution in [3.05, 3.63) is 47.5 Å². The first-order chi connectivity index (χ1) is 7.89. The van der Waals surface area contributed by atoms with Gasteiger partial charge in [0, 0.05) is 17.6 Å². The Morgan fingerprint density at radius 3 is 2.06 bits per heavy atom. The Labute approximate surface area is 96.7 Å². The van der Waals surface area contributed by atoms with Crippen molar-refractivity contribution in [3.8, 4) is 5.69 Å². The third kappa shape index (κ3) is 2.18. The second-order valence-corrected chi connectivity index (χ2v) is 3.83. The van der Waals surface area contributed by atoms with E-state index in [1.165, 1.54) is 12.1 Å². The maximum Gasteiger partial charge on any atom is 0.416 e. The van der Waals surface area contributed by atoms with Gasteiger partial charge in [0.25, 0.3) is 0 Å². The lowest BCUT2D eigenvalue weighted by atomic mass is 10.2. The van der Waals surface area contributed by atoms with Gasteiger partial charge in [0.1, 0.15) is 5.82 Å². The summed E-state index contributed by atoms with van der Waals surface area (Å²) in [6, 6.07) is 5.05. The Balaban J connectivity index is 2.43. The first-order valence-corrected chi connectivity index (χ1v) is 5.08. The molecule has 1 aromatic carbocycles. The average molecular weight is 240 g/mol. The van der Waals surface area contributed by atoms with Crippen molar-refractivity contribution < 1.29 is 13.2 Å². The van der Waals surface area contributed by atoms with E-state index in [4.69, 9.17) is 0 Å². The molecule has 5 heteroatoms. The van der Waals surface area contributed by atoms with Crippen molar-refractivity contribution in [1.29, 1.82) is 0 Å². The second kappa shape index (κ2) is 3.91. The maximum absolute atomic E-state index is 12.4. The highest BCUT2D eigenvalue weighted by Gasteiger charge is 2.30. The molecule has 0 radical (unpaired) electrons. The molecule has 0 N–H and O–H groups in total. The first kappa shape index (κ1) is 11.7. The molecule has 90 valence electrons. The molecule has 1 aromatic heterocycles. The predicted molar refractivity (Wildman–Crippen MR) is 58.0 cm³/mol. The molecule has 0 atom stereocenters. The minimum Gasteiger partial charge on any atom is -0.301 e. The molecule has 0 aliphatic rings. The van der Waals surface area contributed by atoms with Crippen LogP contribution in [0, 0.1) is 13.8 Å². The lowest BCUT2D eigenvalue weighted by molar-refractivity contribution is -0.137. The van der Waals surface area contributed by atoms with Crippen LogP contribution in [0.25, 0.3) is 5.69 Å². The van der Waals surface area contributed by atoms with Gasteiger partial charge in [-0.2, -0.15) is 13.2 Å². The van der Waals surface area contributed by atoms with E-state index < -0.39 is 11.7 Å². The van der Waals surface area contributed by atoms with E-state index in [1.54, 1.807) is 10.8 Å². The van der Waals surface area contributed by atoms with Crippen molar-refractivity contribution in [2.24, 2.45) is 0 Å². The van der Waals surface area contributed by atoms with Crippen LogP contribution in [0.5, 0.6) is 0 Å². The zero-order valence-corrected chi connectivity index (χ0v) is 9.42. The van der Waals surface area contributed by atoms with Gasteiger partial charge >= 0.3 is 6.18 Å². The van der Waals surface area contributed by atoms with E-state index in [1.807, 2.05) is 13.8 Å². The first-order valence-electron chi connectivity index (χ1n) is 5.08. The molecule has 0 spiro atoms. The summed E-state index contributed by atoms with van der Waals surface area (Å²) in [5, 5.41) is 0. The van der Waals surface area contributed by atoms with Crippen molar-refractivity contribution in [3.63, 3.8) is 0 Å². The molecule has 2 rings (SSSR count). The van der Waals surface area contributed by atoms with E-state index >= 15 is 0 Å². The van der Waals surface area contributed by atoms with E-state index in [2.05, 4.69) is 4.98 Å². The number of aryl methyl sites for hydroxylation is 2. The highest BCUT2D eigenvalue weighted by atomic mass is 19.4. The number of alkyl halides is 3. The Kier molecular flexibility index (Phi) is 2.69. The predicted octanol–water partition coefficient (Wildman–Crippen LogP) is 3.51. The van der Waals surface area contributed by atoms with Gasteiger partial charge in [0.2, 0.25) is 0 Å². The molecule has 17 heavy (non-hydrogen) atoms. The number of benzene rings is 1. The lowest BCUT2D eigenvalue weighted by Gasteiger charge is -2.10. The molecule has 1 heterocycles. The molecule has 0 amide bonds. The molecule has 0 unspecified atom stereocenters. The van der Waals surface area contributed by atoms with Crippen LogP contribution >= 0.6 is 0 Å². The van der Waals surface area contributed by atoms with Gasteiger partial charge in [-0.05, 0) is 38.1 Å². The third-order valence-corrected chi connectivity index (χ3v) is 2.57. The number of halogens is 3. The van der Waals surface area contributed by atoms with Crippen LogP contribution in [0.4, 0.5) is 13.2 Å². The van der Waals surface area contributed by atoms with E-state index in [-0.39, 0.29) is 0 Å². The largest absolute Gasteiger partial charge is 0.416 e. The Hall–Kier alpha value is -1.78. The van der Waals surface area contributed by atoms with Gasteiger partial charge in [-0.1, -0.05) is 0 Å². The molecule has 0 saturated heterocycles. The van der Waals surface area contributed by atoms with Gasteiger partial charge < -0.3 is 4.57 Å². The second-order valence-electron chi connectivity index (χ2n) is 3.83. The number of hydrogen-bond acceptors (Lipinski definition) is 1. The van der Waals surface area contributed by atoms with Gasteiger partial charge in [-0.3, -0.25) is 0 Å². The molecule has 0 saturated carbocycles. The Morgan fingerprint density at radius 1 is 1.06 bits per heavy atom. The molecular formula is C12H11F3N2. The summed E-state index contributed by atoms with van der Waals surface area (Å²) in [6.07, 6.45) is -2.61. The van der Waals surface area contributed by atoms with Gasteiger partial charge in [0.15, 0.2) is 0 Å². The lowest BCUT2D eigenvalue weighted by Crippen LogP contribution is -2.05. The van der Waals surface area contributed by atoms with Crippen LogP contribution in [-0.2, 0) is 6.18 Å². The Bertz CT molecular complexity index is 504. The van der Waals surface area contributed by atoms with Gasteiger partial charge in [0.05, 0.1) is 5.56 Å². The maximum atomic E-state index is 12.4. The average Bonchev–Trinajstić information content (AvgIpc) is 2.58. The fraction of sp³-hybridized carbons (Fsp3) is 0.250. The van der Waals surface area contributed by atoms with Crippen LogP contribution < -0.4 is 0 Å². The minimum atomic E-state index is -4.29. The molecule has 0 aliphatic heterocycles. The van der Waals surface area contributed by atoms with E-state index in [0.29, 0.717) is 5.69 Å². The van der Waals surface area contributed by atoms with Crippen molar-refractivity contribution in [2.75, 3.05) is 0 Å². The molecule has 2 aromatic rings. The highest BCUT2D eigenvalue weighted by molar-refractivity contribution is 5.38. The topological polar surface area (TPSA) is 17.8 Å². The van der Waals surface area contributed by atoms with E-state index in [0.717, 1.165) is 23.7 Å². The van der Waals surface area contributed by atoms with Crippen molar-refractivity contribution in [1.82, 2.24) is 9.55 Å². The normalized spacial score (nSPS) is 11.8. The van der Waals surface area contributed by atoms with Crippen LogP contribution in [0.2, 0.25) is 0 Å². The quantitative estimate of drug-likeness (QED) is 0.745. The molecular weight excluding hydrogens is 229 g/mol. The molecule has 2 nitrogen and oxygen atoms in total. The number of imidazole rings is 1. The van der Waals surface area contributed by atoms with Gasteiger partial charge in [-0.15, -0.1) is 0 Å². The highest BCUT2D eigenvalue weighted by Crippen LogP contribution is 2.29. The summed E-state index contributed by atoms with van der Waals surface area (Å²) in [5.41, 5.74) is 0.935. The molecule has 0 aliphatic carbocycles. The summed E-state index contributed by atoms with van der Waals surface area (Å²) in [7, 11) is 0. The summed E-state index contributed by atoms with van der Waals surface area (Å²) in [6.45, 7) is 3.67. The Morgan fingerprint density at radius 2 is 1.65 bits per heavy atom. The van der Waals surface area contributed by atoms with Crippen LogP contribution in [0.3, 0.4) is 0 Å². The zero-order chi connectivity index (χ0) is 12.6. The van der Waals surface area contributed by atoms with Crippen molar-refractivity contribution in [2.45, 2.75) is 20.0 Å². The number of hydrogen-bond donors (Lipinski definition) is 0. The van der Waals surface area contributed by atoms with Gasteiger partial charge in [-0.25, -0.2) is 4.98 Å². The fourth-order valence-corrected chi connectivity index (χ4v) is 1.75. The zero-order valence-electron chi connectivity index (χ0n) is 9.42. The number of rotatable bonds is 1. The van der Waals surface area contributed by atoms with Crippen LogP contribution in [0.15, 0.2) is 30.5 Å². The summed E-state index contributed by atoms with van der Waals surface area (Å²) >= 11 is 0. The minimum absolute atomic E-state index is 0.642. The summed E-state index contributed by atoms with van der Waals surface area (Å²) in [4.78, 5) is 4.10. The molecule has 0 fully saturated rings. The molecule has 0 bridgehead atoms. The SMILES string of the molecule is Cc1cnc(C)n1-c1ccc(C(F)(F)F)cc1. The fourth-order valence-electron chi connectivity index (χ4n) is 1.75. The third-order valence-electron chi connectivity index (χ3n) is 2.57. The summed E-state index contributed by atoms with van der Waals surface area (Å²) in [5.74, 6) is 0.752.